The molecule has 0 unspecified atom stereocenters. The summed E-state index contributed by atoms with van der Waals surface area (Å²) >= 11 is 0. The third-order valence-electron chi connectivity index (χ3n) is 4.89. The molecular formula is C21H36IN5O2. The molecule has 1 saturated heterocycles. The number of nitrogens with zero attached hydrogens (tertiary/aromatic N) is 2. The van der Waals surface area contributed by atoms with E-state index < -0.39 is 0 Å². The zero-order chi connectivity index (χ0) is 20.0. The molecule has 0 aromatic heterocycles. The number of amides is 1. The summed E-state index contributed by atoms with van der Waals surface area (Å²) in [5.74, 6) is 1.64. The summed E-state index contributed by atoms with van der Waals surface area (Å²) in [4.78, 5) is 18.3. The van der Waals surface area contributed by atoms with Crippen molar-refractivity contribution >= 4 is 35.8 Å². The van der Waals surface area contributed by atoms with Crippen LogP contribution < -0.4 is 21.1 Å². The van der Waals surface area contributed by atoms with Gasteiger partial charge >= 0.3 is 0 Å². The standard InChI is InChI=1S/C21H35N5O2.HI/c1-2-23-21(25-13-17-28-19-8-4-3-5-9-19)24-12-6-7-14-26-15-10-18(11-16-26)20(22)27;/h3-5,8-9,18H,2,6-7,10-17H2,1H3,(H2,22,27)(H2,23,24,25);1H. The minimum Gasteiger partial charge on any atom is -0.492 e. The fourth-order valence-corrected chi connectivity index (χ4v) is 3.28. The van der Waals surface area contributed by atoms with E-state index in [0.717, 1.165) is 70.1 Å². The van der Waals surface area contributed by atoms with Gasteiger partial charge in [0.15, 0.2) is 5.96 Å². The van der Waals surface area contributed by atoms with Crippen LogP contribution in [0.4, 0.5) is 0 Å². The van der Waals surface area contributed by atoms with E-state index in [0.29, 0.717) is 13.2 Å². The quantitative estimate of drug-likeness (QED) is 0.181. The van der Waals surface area contributed by atoms with Gasteiger partial charge in [0.1, 0.15) is 12.4 Å². The average molecular weight is 517 g/mol. The Morgan fingerprint density at radius 2 is 1.93 bits per heavy atom. The molecule has 1 aliphatic rings. The van der Waals surface area contributed by atoms with Crippen LogP contribution in [0.2, 0.25) is 0 Å². The molecule has 1 fully saturated rings. The van der Waals surface area contributed by atoms with Crippen LogP contribution in [0.15, 0.2) is 35.3 Å². The van der Waals surface area contributed by atoms with Crippen molar-refractivity contribution in [3.63, 3.8) is 0 Å². The van der Waals surface area contributed by atoms with Gasteiger partial charge in [-0.25, -0.2) is 0 Å². The number of para-hydroxylation sites is 1. The van der Waals surface area contributed by atoms with Gasteiger partial charge in [0.05, 0.1) is 6.54 Å². The van der Waals surface area contributed by atoms with E-state index in [-0.39, 0.29) is 35.8 Å². The third-order valence-corrected chi connectivity index (χ3v) is 4.89. The summed E-state index contributed by atoms with van der Waals surface area (Å²) in [5, 5.41) is 6.57. The Morgan fingerprint density at radius 1 is 1.21 bits per heavy atom. The zero-order valence-corrected chi connectivity index (χ0v) is 19.8. The van der Waals surface area contributed by atoms with E-state index in [4.69, 9.17) is 10.5 Å². The topological polar surface area (TPSA) is 92.0 Å². The van der Waals surface area contributed by atoms with Crippen molar-refractivity contribution in [2.24, 2.45) is 16.6 Å². The van der Waals surface area contributed by atoms with Crippen molar-refractivity contribution in [1.82, 2.24) is 15.5 Å². The normalized spacial score (nSPS) is 15.4. The number of benzene rings is 1. The van der Waals surface area contributed by atoms with Gasteiger partial charge in [0, 0.05) is 19.0 Å². The SMILES string of the molecule is CCNC(=NCCCCN1CCC(C(N)=O)CC1)NCCOc1ccccc1.I. The lowest BCUT2D eigenvalue weighted by molar-refractivity contribution is -0.123. The number of guanidine groups is 1. The maximum Gasteiger partial charge on any atom is 0.220 e. The van der Waals surface area contributed by atoms with E-state index in [1.54, 1.807) is 0 Å². The minimum absolute atomic E-state index is 0. The fraction of sp³-hybridized carbons (Fsp3) is 0.619. The summed E-state index contributed by atoms with van der Waals surface area (Å²) in [6, 6.07) is 9.82. The molecule has 8 heteroatoms. The van der Waals surface area contributed by atoms with Crippen molar-refractivity contribution < 1.29 is 9.53 Å². The second kappa shape index (κ2) is 15.3. The maximum absolute atomic E-state index is 11.2. The second-order valence-corrected chi connectivity index (χ2v) is 7.07. The molecule has 1 aromatic rings. The van der Waals surface area contributed by atoms with E-state index in [2.05, 4.69) is 27.4 Å². The summed E-state index contributed by atoms with van der Waals surface area (Å²) in [7, 11) is 0. The Hall–Kier alpha value is -1.55. The number of carbonyl (C=O) groups is 1. The molecule has 0 radical (unpaired) electrons. The van der Waals surface area contributed by atoms with Gasteiger partial charge in [-0.2, -0.15) is 0 Å². The van der Waals surface area contributed by atoms with E-state index in [1.165, 1.54) is 0 Å². The van der Waals surface area contributed by atoms with E-state index in [9.17, 15) is 4.79 Å². The molecule has 0 saturated carbocycles. The predicted molar refractivity (Wildman–Crippen MR) is 129 cm³/mol. The van der Waals surface area contributed by atoms with Crippen molar-refractivity contribution in [3.05, 3.63) is 30.3 Å². The first-order chi connectivity index (χ1) is 13.7. The molecule has 29 heavy (non-hydrogen) atoms. The summed E-state index contributed by atoms with van der Waals surface area (Å²) in [5.41, 5.74) is 5.39. The number of primary amides is 1. The largest absolute Gasteiger partial charge is 0.492 e. The Kier molecular flexibility index (Phi) is 13.5. The van der Waals surface area contributed by atoms with Crippen LogP contribution in [-0.2, 0) is 4.79 Å². The van der Waals surface area contributed by atoms with Gasteiger partial charge in [0.25, 0.3) is 0 Å². The average Bonchev–Trinajstić information content (AvgIpc) is 2.72. The lowest BCUT2D eigenvalue weighted by Crippen LogP contribution is -2.39. The number of likely N-dealkylation sites (tertiary alicyclic amines) is 1. The molecular weight excluding hydrogens is 481 g/mol. The van der Waals surface area contributed by atoms with Crippen LogP contribution in [0.25, 0.3) is 0 Å². The number of halogens is 1. The molecule has 1 aromatic carbocycles. The molecule has 2 rings (SSSR count). The highest BCUT2D eigenvalue weighted by Crippen LogP contribution is 2.16. The zero-order valence-electron chi connectivity index (χ0n) is 17.4. The Bertz CT molecular complexity index is 592. The number of hydrogen-bond acceptors (Lipinski definition) is 4. The summed E-state index contributed by atoms with van der Waals surface area (Å²) in [6.45, 7) is 8.01. The number of hydrogen-bond donors (Lipinski definition) is 3. The van der Waals surface area contributed by atoms with Crippen LogP contribution in [0.1, 0.15) is 32.6 Å². The maximum atomic E-state index is 11.2. The Labute approximate surface area is 191 Å². The second-order valence-electron chi connectivity index (χ2n) is 7.07. The molecule has 164 valence electrons. The number of rotatable bonds is 11. The number of ether oxygens (including phenoxy) is 1. The number of nitrogens with one attached hydrogen (secondary N) is 2. The fourth-order valence-electron chi connectivity index (χ4n) is 3.28. The molecule has 4 N–H and O–H groups in total. The van der Waals surface area contributed by atoms with Crippen LogP contribution in [0, 0.1) is 5.92 Å². The highest BCUT2D eigenvalue weighted by atomic mass is 127. The third kappa shape index (κ3) is 10.7. The van der Waals surface area contributed by atoms with Gasteiger partial charge in [0.2, 0.25) is 5.91 Å². The summed E-state index contributed by atoms with van der Waals surface area (Å²) in [6.07, 6.45) is 3.95. The first-order valence-electron chi connectivity index (χ1n) is 10.4. The molecule has 1 aliphatic heterocycles. The van der Waals surface area contributed by atoms with Crippen molar-refractivity contribution in [2.75, 3.05) is 45.9 Å². The first-order valence-corrected chi connectivity index (χ1v) is 10.4. The number of nitrogens with two attached hydrogens (primary N) is 1. The molecule has 1 amide bonds. The van der Waals surface area contributed by atoms with Gasteiger partial charge in [-0.05, 0) is 64.4 Å². The smallest absolute Gasteiger partial charge is 0.220 e. The van der Waals surface area contributed by atoms with E-state index >= 15 is 0 Å². The lowest BCUT2D eigenvalue weighted by atomic mass is 9.96. The van der Waals surface area contributed by atoms with Crippen LogP contribution in [-0.4, -0.2) is 62.6 Å². The van der Waals surface area contributed by atoms with Gasteiger partial charge < -0.3 is 26.0 Å². The van der Waals surface area contributed by atoms with E-state index in [1.807, 2.05) is 30.3 Å². The number of piperidine rings is 1. The summed E-state index contributed by atoms with van der Waals surface area (Å²) < 4.78 is 5.69. The Balaban J connectivity index is 0.00000420. The van der Waals surface area contributed by atoms with Gasteiger partial charge in [-0.1, -0.05) is 18.2 Å². The predicted octanol–water partition coefficient (Wildman–Crippen LogP) is 2.22. The van der Waals surface area contributed by atoms with Crippen molar-refractivity contribution in [1.29, 1.82) is 0 Å². The van der Waals surface area contributed by atoms with Crippen LogP contribution in [0.5, 0.6) is 5.75 Å². The minimum atomic E-state index is -0.147. The monoisotopic (exact) mass is 517 g/mol. The number of unbranched alkanes of at least 4 members (excludes halogenated alkanes) is 1. The lowest BCUT2D eigenvalue weighted by Gasteiger charge is -2.30. The molecule has 7 nitrogen and oxygen atoms in total. The molecule has 0 spiro atoms. The van der Waals surface area contributed by atoms with Crippen LogP contribution >= 0.6 is 24.0 Å². The van der Waals surface area contributed by atoms with Gasteiger partial charge in [-0.15, -0.1) is 24.0 Å². The molecule has 1 heterocycles. The number of carbonyl (C=O) groups excluding carboxylic acids is 1. The first kappa shape index (κ1) is 25.5. The van der Waals surface area contributed by atoms with Crippen molar-refractivity contribution in [3.8, 4) is 5.75 Å². The number of aliphatic imine (C=N–C) groups is 1. The highest BCUT2D eigenvalue weighted by Gasteiger charge is 2.22. The molecule has 0 aliphatic carbocycles. The highest BCUT2D eigenvalue weighted by molar-refractivity contribution is 14.0. The van der Waals surface area contributed by atoms with Crippen LogP contribution in [0.3, 0.4) is 0 Å². The Morgan fingerprint density at radius 3 is 2.59 bits per heavy atom. The van der Waals surface area contributed by atoms with Gasteiger partial charge in [-0.3, -0.25) is 9.79 Å². The molecule has 0 bridgehead atoms. The molecule has 0 atom stereocenters. The van der Waals surface area contributed by atoms with Crippen molar-refractivity contribution in [2.45, 2.75) is 32.6 Å².